The van der Waals surface area contributed by atoms with Crippen LogP contribution in [0, 0.1) is 23.7 Å². The summed E-state index contributed by atoms with van der Waals surface area (Å²) in [7, 11) is 0. The number of aliphatic hydroxyl groups is 6. The largest absolute Gasteiger partial charge is 0.393 e. The molecule has 18 rings (SSSR count). The molecular formula is C90H110O23. The Morgan fingerprint density at radius 2 is 1.06 bits per heavy atom. The van der Waals surface area contributed by atoms with Gasteiger partial charge in [-0.3, -0.25) is 14.4 Å². The molecule has 9 saturated heterocycles. The van der Waals surface area contributed by atoms with Gasteiger partial charge in [-0.25, -0.2) is 0 Å². The lowest BCUT2D eigenvalue weighted by Crippen LogP contribution is -2.63. The molecule has 0 bridgehead atoms. The van der Waals surface area contributed by atoms with Crippen molar-refractivity contribution < 1.29 is 111 Å². The highest BCUT2D eigenvalue weighted by Crippen LogP contribution is 2.52. The van der Waals surface area contributed by atoms with Gasteiger partial charge in [-0.1, -0.05) is 198 Å². The van der Waals surface area contributed by atoms with E-state index in [-0.39, 0.29) is 96.5 Å². The van der Waals surface area contributed by atoms with Crippen LogP contribution in [-0.2, 0) is 66.3 Å². The smallest absolute Gasteiger partial charge is 0.196 e. The molecule has 0 saturated carbocycles. The first-order valence-electron chi connectivity index (χ1n) is 41.1. The van der Waals surface area contributed by atoms with Gasteiger partial charge in [-0.05, 0) is 63.4 Å². The Bertz CT molecular complexity index is 4010. The molecule has 0 aromatic heterocycles. The average molecular weight is 1560 g/mol. The third-order valence-electron chi connectivity index (χ3n) is 26.2. The molecule has 1 unspecified atom stereocenters. The molecule has 1 spiro atoms. The van der Waals surface area contributed by atoms with Crippen LogP contribution in [0.4, 0.5) is 0 Å². The van der Waals surface area contributed by atoms with E-state index >= 15 is 0 Å². The monoisotopic (exact) mass is 1560 g/mol. The molecule has 14 aliphatic rings. The number of benzene rings is 4. The highest BCUT2D eigenvalue weighted by Gasteiger charge is 2.63. The zero-order valence-electron chi connectivity index (χ0n) is 65.0. The summed E-state index contributed by atoms with van der Waals surface area (Å²) >= 11 is 0. The van der Waals surface area contributed by atoms with E-state index in [2.05, 4.69) is 32.9 Å². The molecule has 113 heavy (non-hydrogen) atoms. The van der Waals surface area contributed by atoms with Crippen molar-refractivity contribution in [2.24, 2.45) is 23.7 Å². The van der Waals surface area contributed by atoms with Crippen LogP contribution in [0.2, 0.25) is 0 Å². The zero-order chi connectivity index (χ0) is 78.6. The highest BCUT2D eigenvalue weighted by molar-refractivity contribution is 6.28. The van der Waals surface area contributed by atoms with Crippen molar-refractivity contribution in [1.82, 2.24) is 0 Å². The van der Waals surface area contributed by atoms with Crippen molar-refractivity contribution >= 4 is 17.3 Å². The molecule has 23 heteroatoms. The molecule has 0 amide bonds. The summed E-state index contributed by atoms with van der Waals surface area (Å²) in [6.45, 7) is 12.7. The molecule has 4 aromatic rings. The average Bonchev–Trinajstić information content (AvgIpc) is 1.60. The van der Waals surface area contributed by atoms with Crippen molar-refractivity contribution in [3.05, 3.63) is 203 Å². The normalized spacial score (nSPS) is 43.5. The summed E-state index contributed by atoms with van der Waals surface area (Å²) in [6.07, 6.45) is 9.95. The van der Waals surface area contributed by atoms with E-state index in [1.54, 1.807) is 54.6 Å². The summed E-state index contributed by atoms with van der Waals surface area (Å²) < 4.78 is 94.6. The Morgan fingerprint density at radius 1 is 0.513 bits per heavy atom. The first-order valence-corrected chi connectivity index (χ1v) is 41.1. The number of carbonyl (C=O) groups is 3. The van der Waals surface area contributed by atoms with E-state index in [9.17, 15) is 45.0 Å². The Balaban J connectivity index is 0.000000231. The van der Waals surface area contributed by atoms with E-state index in [1.165, 1.54) is 6.08 Å². The maximum Gasteiger partial charge on any atom is 0.196 e. The number of Topliss-reactive ketones (excluding diaryl/α,β-unsaturated/α-hetero) is 1. The first kappa shape index (κ1) is 80.6. The van der Waals surface area contributed by atoms with Crippen molar-refractivity contribution in [2.45, 2.75) is 288 Å². The Kier molecular flexibility index (Phi) is 24.5. The van der Waals surface area contributed by atoms with Gasteiger partial charge in [0.15, 0.2) is 23.1 Å². The lowest BCUT2D eigenvalue weighted by molar-refractivity contribution is -0.339. The molecule has 608 valence electrons. The van der Waals surface area contributed by atoms with Crippen LogP contribution in [0.25, 0.3) is 0 Å². The topological polar surface area (TPSA) is 302 Å². The number of aliphatic hydroxyl groups excluding tert-OH is 6. The third-order valence-corrected chi connectivity index (χ3v) is 26.2. The van der Waals surface area contributed by atoms with E-state index in [1.807, 2.05) is 118 Å². The van der Waals surface area contributed by atoms with Crippen LogP contribution in [0.15, 0.2) is 170 Å². The fourth-order valence-corrected chi connectivity index (χ4v) is 19.8. The van der Waals surface area contributed by atoms with E-state index in [0.717, 1.165) is 12.0 Å². The molecule has 4 aromatic carbocycles. The fraction of sp³-hybridized carbons (Fsp3) is 0.589. The summed E-state index contributed by atoms with van der Waals surface area (Å²) in [6, 6.07) is 32.8. The van der Waals surface area contributed by atoms with Gasteiger partial charge < -0.3 is 97.0 Å². The number of ether oxygens (including phenoxy) is 14. The molecular weight excluding hydrogens is 1450 g/mol. The van der Waals surface area contributed by atoms with Crippen LogP contribution in [-0.4, -0.2) is 244 Å². The van der Waals surface area contributed by atoms with Gasteiger partial charge in [0.2, 0.25) is 0 Å². The summed E-state index contributed by atoms with van der Waals surface area (Å²) in [5, 5.41) is 65.9. The second-order valence-electron chi connectivity index (χ2n) is 33.6. The summed E-state index contributed by atoms with van der Waals surface area (Å²) in [5.41, 5.74) is 2.56. The molecule has 34 atom stereocenters. The van der Waals surface area contributed by atoms with Crippen LogP contribution >= 0.6 is 0 Å². The number of fused-ring (bicyclic) bond motifs is 13. The zero-order valence-corrected chi connectivity index (χ0v) is 65.0. The predicted octanol–water partition coefficient (Wildman–Crippen LogP) is 9.08. The Labute approximate surface area is 660 Å². The maximum atomic E-state index is 12.4. The lowest BCUT2D eigenvalue weighted by Gasteiger charge is -2.53. The molecule has 23 nitrogen and oxygen atoms in total. The summed E-state index contributed by atoms with van der Waals surface area (Å²) in [4.78, 5) is 36.6. The molecule has 13 heterocycles. The van der Waals surface area contributed by atoms with Crippen molar-refractivity contribution in [1.29, 1.82) is 0 Å². The standard InChI is InChI=1S/C60H86O19.C16H16O2.C14H8O2/c1-28-19-42-44(22-48-54(76-42)30(3)52(65)58-55(77-48)29(2)31(4)60(79-58)25-33(63)27-67-60)73-46-24-51-59(5,78-47(46)20-28)50(64)23-45-36(74-51)11-7-6-10-35-37(71-45)15-16-39-38(69-35)17-18-40-43(70-39)21-49-57(75-40)53(66)56-41(72-49)12-8-9-34(68-56)14-13-32(62)26-61;1-2-18-16(14-11-7-4-8-12-14)15(17)13-9-5-3-6-10-13;15-13-9-5-1-2-6-10(9)14(16)12-8-4-3-7-11(12)13/h6-9,13-18,28-58,61-66H,10-12,19-27H2,1-5H3;3-12,16H,2H2,1H3;1-8H/b7-6-,14-13+;;/t28-,29+,30+,31+,32+,33+,34-,35-,36+,37+,38+,39-,40-,41+,42+,43+,44-,45-,46+,47-,48+,49-,50-,51-,52+,53-,54-,55-,56+,57-,58+,59+,60-;;/m1../s1. The second-order valence-corrected chi connectivity index (χ2v) is 33.6. The van der Waals surface area contributed by atoms with Crippen molar-refractivity contribution in [2.75, 3.05) is 19.8 Å². The van der Waals surface area contributed by atoms with Gasteiger partial charge in [-0.15, -0.1) is 0 Å². The van der Waals surface area contributed by atoms with Crippen LogP contribution in [0.5, 0.6) is 0 Å². The van der Waals surface area contributed by atoms with Crippen molar-refractivity contribution in [3.63, 3.8) is 0 Å². The molecule has 1 aliphatic carbocycles. The van der Waals surface area contributed by atoms with Gasteiger partial charge in [-0.2, -0.15) is 0 Å². The first-order chi connectivity index (χ1) is 54.7. The SMILES string of the molecule is CCOC(C(=O)c1ccccc1)c1ccccc1.C[C@@H]1C[C@@H]2O[C@@H]3[C@@H](C)[C@H](O)[C@@H]4O[C@]5(C[C@H](O)CO5)[C@@H](C)[C@H](C)[C@H]4O[C@H]3C[C@H]2O[C@H]2C[C@H]3O[C@H]4C/C=C\C[C@H]5O[C@H]6C=C[C@H]7O[C@H]8[C@H](O)[C@H]9O[C@@H](/C=C/[C@H](O)CO)C=CC[C@@H]9O[C@@H]8C[C@@H]7O[C@@H]6C=C[C@@H]5O[C@@H]4C[C@@H](O)[C@]3(C)O[C@@H]2C1.O=C1c2ccccc2C(=O)c2ccccc21. The minimum Gasteiger partial charge on any atom is -0.393 e. The van der Waals surface area contributed by atoms with Crippen molar-refractivity contribution in [3.8, 4) is 0 Å². The fourth-order valence-electron chi connectivity index (χ4n) is 19.8. The summed E-state index contributed by atoms with van der Waals surface area (Å²) in [5.74, 6) is -1.32. The van der Waals surface area contributed by atoms with Crippen LogP contribution in [0.3, 0.4) is 0 Å². The number of rotatable bonds is 8. The number of carbonyl (C=O) groups excluding carboxylic acids is 3. The lowest BCUT2D eigenvalue weighted by atomic mass is 9.75. The maximum absolute atomic E-state index is 12.4. The number of ketones is 3. The quantitative estimate of drug-likeness (QED) is 0.0623. The third kappa shape index (κ3) is 16.4. The predicted molar refractivity (Wildman–Crippen MR) is 410 cm³/mol. The molecule has 0 radical (unpaired) electrons. The second kappa shape index (κ2) is 34.4. The number of hydrogen-bond acceptors (Lipinski definition) is 23. The van der Waals surface area contributed by atoms with Crippen LogP contribution in [0.1, 0.15) is 160 Å². The van der Waals surface area contributed by atoms with E-state index < -0.39 is 140 Å². The van der Waals surface area contributed by atoms with Gasteiger partial charge in [0.25, 0.3) is 0 Å². The van der Waals surface area contributed by atoms with E-state index in [0.29, 0.717) is 92.2 Å². The van der Waals surface area contributed by atoms with Gasteiger partial charge in [0.05, 0.1) is 129 Å². The Hall–Kier alpha value is -6.21. The number of hydrogen-bond donors (Lipinski definition) is 6. The van der Waals surface area contributed by atoms with Gasteiger partial charge in [0, 0.05) is 78.4 Å². The molecule has 9 fully saturated rings. The minimum absolute atomic E-state index is 0.00338. The highest BCUT2D eigenvalue weighted by atomic mass is 16.7. The Morgan fingerprint density at radius 3 is 1.73 bits per heavy atom. The van der Waals surface area contributed by atoms with Crippen LogP contribution < -0.4 is 0 Å². The molecule has 13 aliphatic heterocycles. The minimum atomic E-state index is -1.04. The van der Waals surface area contributed by atoms with Gasteiger partial charge >= 0.3 is 0 Å². The molecule has 6 N–H and O–H groups in total. The van der Waals surface area contributed by atoms with E-state index in [4.69, 9.17) is 66.3 Å². The van der Waals surface area contributed by atoms with Gasteiger partial charge in [0.1, 0.15) is 60.5 Å².